The standard InChI is InChI=1S/C13H19NO3/c1-9(15)11-10-5-8-17-13(14(10)12(11)16)6-3-2-4-7-13/h10-11H,2-8H2,1H3/t10-,11-/m1/s1. The molecule has 0 unspecified atom stereocenters. The first-order chi connectivity index (χ1) is 8.16. The maximum atomic E-state index is 12.1. The van der Waals surface area contributed by atoms with Crippen molar-refractivity contribution < 1.29 is 14.3 Å². The summed E-state index contributed by atoms with van der Waals surface area (Å²) in [5, 5.41) is 0. The summed E-state index contributed by atoms with van der Waals surface area (Å²) in [5.41, 5.74) is -0.357. The number of carbonyl (C=O) groups is 2. The lowest BCUT2D eigenvalue weighted by Crippen LogP contribution is -2.74. The Labute approximate surface area is 101 Å². The predicted octanol–water partition coefficient (Wildman–Crippen LogP) is 1.48. The van der Waals surface area contributed by atoms with E-state index in [0.717, 1.165) is 32.1 Å². The van der Waals surface area contributed by atoms with E-state index in [4.69, 9.17) is 4.74 Å². The molecule has 0 aromatic carbocycles. The van der Waals surface area contributed by atoms with Gasteiger partial charge in [0.25, 0.3) is 0 Å². The van der Waals surface area contributed by atoms with E-state index in [-0.39, 0.29) is 29.4 Å². The zero-order valence-corrected chi connectivity index (χ0v) is 10.3. The molecule has 0 N–H and O–H groups in total. The van der Waals surface area contributed by atoms with Crippen LogP contribution in [0.1, 0.15) is 45.4 Å². The van der Waals surface area contributed by atoms with Crippen LogP contribution in [0.15, 0.2) is 0 Å². The second kappa shape index (κ2) is 3.80. The lowest BCUT2D eigenvalue weighted by atomic mass is 9.75. The van der Waals surface area contributed by atoms with Crippen molar-refractivity contribution in [1.82, 2.24) is 4.90 Å². The lowest BCUT2D eigenvalue weighted by Gasteiger charge is -2.60. The van der Waals surface area contributed by atoms with Gasteiger partial charge in [0.15, 0.2) is 0 Å². The Hall–Kier alpha value is -0.900. The summed E-state index contributed by atoms with van der Waals surface area (Å²) in [6.07, 6.45) is 6.19. The van der Waals surface area contributed by atoms with Crippen LogP contribution in [0.4, 0.5) is 0 Å². The van der Waals surface area contributed by atoms with Gasteiger partial charge in [-0.05, 0) is 39.0 Å². The van der Waals surface area contributed by atoms with Crippen molar-refractivity contribution in [2.45, 2.75) is 57.2 Å². The maximum Gasteiger partial charge on any atom is 0.237 e. The van der Waals surface area contributed by atoms with E-state index >= 15 is 0 Å². The minimum atomic E-state index is -0.377. The number of carbonyl (C=O) groups excluding carboxylic acids is 2. The number of amides is 1. The van der Waals surface area contributed by atoms with E-state index in [0.29, 0.717) is 6.61 Å². The average Bonchev–Trinajstić information content (AvgIpc) is 2.28. The topological polar surface area (TPSA) is 46.6 Å². The molecule has 2 aliphatic heterocycles. The molecule has 1 aliphatic carbocycles. The fourth-order valence-corrected chi connectivity index (χ4v) is 3.72. The minimum absolute atomic E-state index is 0.00380. The van der Waals surface area contributed by atoms with E-state index in [2.05, 4.69) is 0 Å². The van der Waals surface area contributed by atoms with Crippen molar-refractivity contribution in [2.24, 2.45) is 5.92 Å². The Morgan fingerprint density at radius 1 is 1.35 bits per heavy atom. The number of ether oxygens (including phenoxy) is 1. The molecule has 2 saturated heterocycles. The van der Waals surface area contributed by atoms with Gasteiger partial charge < -0.3 is 9.64 Å². The van der Waals surface area contributed by atoms with Crippen LogP contribution >= 0.6 is 0 Å². The Morgan fingerprint density at radius 2 is 2.06 bits per heavy atom. The summed E-state index contributed by atoms with van der Waals surface area (Å²) in [6, 6.07) is 0.117. The zero-order chi connectivity index (χ0) is 12.0. The van der Waals surface area contributed by atoms with Gasteiger partial charge >= 0.3 is 0 Å². The van der Waals surface area contributed by atoms with Crippen LogP contribution in [-0.4, -0.2) is 35.0 Å². The van der Waals surface area contributed by atoms with Gasteiger partial charge in [-0.25, -0.2) is 0 Å². The van der Waals surface area contributed by atoms with Crippen LogP contribution in [-0.2, 0) is 14.3 Å². The van der Waals surface area contributed by atoms with Gasteiger partial charge in [0.05, 0.1) is 12.6 Å². The highest BCUT2D eigenvalue weighted by molar-refractivity contribution is 6.06. The molecule has 94 valence electrons. The van der Waals surface area contributed by atoms with Gasteiger partial charge in [0.2, 0.25) is 5.91 Å². The fraction of sp³-hybridized carbons (Fsp3) is 0.846. The highest BCUT2D eigenvalue weighted by atomic mass is 16.5. The van der Waals surface area contributed by atoms with Crippen molar-refractivity contribution in [3.63, 3.8) is 0 Å². The molecule has 2 atom stereocenters. The first-order valence-electron chi connectivity index (χ1n) is 6.63. The van der Waals surface area contributed by atoms with Crippen molar-refractivity contribution in [2.75, 3.05) is 6.61 Å². The molecule has 1 spiro atoms. The summed E-state index contributed by atoms with van der Waals surface area (Å²) < 4.78 is 5.93. The Balaban J connectivity index is 1.85. The second-order valence-electron chi connectivity index (χ2n) is 5.51. The third-order valence-electron chi connectivity index (χ3n) is 4.52. The Kier molecular flexibility index (Phi) is 2.51. The van der Waals surface area contributed by atoms with Crippen LogP contribution in [0.5, 0.6) is 0 Å². The number of ketones is 1. The largest absolute Gasteiger partial charge is 0.355 e. The molecule has 1 amide bonds. The summed E-state index contributed by atoms with van der Waals surface area (Å²) in [5.74, 6) is -0.356. The third-order valence-corrected chi connectivity index (χ3v) is 4.52. The van der Waals surface area contributed by atoms with Gasteiger partial charge in [-0.2, -0.15) is 0 Å². The van der Waals surface area contributed by atoms with Crippen molar-refractivity contribution in [1.29, 1.82) is 0 Å². The van der Waals surface area contributed by atoms with Crippen LogP contribution in [0, 0.1) is 5.92 Å². The molecule has 3 fully saturated rings. The molecule has 4 heteroatoms. The number of β-lactam (4-membered cyclic amide) rings is 1. The van der Waals surface area contributed by atoms with Gasteiger partial charge in [-0.3, -0.25) is 9.59 Å². The Bertz CT molecular complexity index is 354. The number of hydrogen-bond acceptors (Lipinski definition) is 3. The zero-order valence-electron chi connectivity index (χ0n) is 10.3. The van der Waals surface area contributed by atoms with Gasteiger partial charge in [-0.15, -0.1) is 0 Å². The monoisotopic (exact) mass is 237 g/mol. The molecule has 0 radical (unpaired) electrons. The van der Waals surface area contributed by atoms with Crippen molar-refractivity contribution in [3.8, 4) is 0 Å². The third kappa shape index (κ3) is 1.46. The quantitative estimate of drug-likeness (QED) is 0.512. The fourth-order valence-electron chi connectivity index (χ4n) is 3.72. The van der Waals surface area contributed by atoms with Crippen molar-refractivity contribution >= 4 is 11.7 Å². The van der Waals surface area contributed by atoms with Gasteiger partial charge in [0, 0.05) is 0 Å². The highest BCUT2D eigenvalue weighted by Crippen LogP contribution is 2.47. The highest BCUT2D eigenvalue weighted by Gasteiger charge is 2.60. The molecule has 0 aromatic heterocycles. The number of rotatable bonds is 1. The average molecular weight is 237 g/mol. The molecule has 0 aromatic rings. The number of hydrogen-bond donors (Lipinski definition) is 0. The predicted molar refractivity (Wildman–Crippen MR) is 61.2 cm³/mol. The summed E-state index contributed by atoms with van der Waals surface area (Å²) in [4.78, 5) is 25.5. The molecule has 4 nitrogen and oxygen atoms in total. The summed E-state index contributed by atoms with van der Waals surface area (Å²) >= 11 is 0. The first kappa shape index (κ1) is 11.2. The number of nitrogens with zero attached hydrogens (tertiary/aromatic N) is 1. The maximum absolute atomic E-state index is 12.1. The van der Waals surface area contributed by atoms with Crippen LogP contribution in [0.2, 0.25) is 0 Å². The molecule has 17 heavy (non-hydrogen) atoms. The van der Waals surface area contributed by atoms with E-state index in [1.807, 2.05) is 4.90 Å². The minimum Gasteiger partial charge on any atom is -0.355 e. The van der Waals surface area contributed by atoms with Crippen LogP contribution < -0.4 is 0 Å². The molecule has 1 saturated carbocycles. The molecule has 2 heterocycles. The smallest absolute Gasteiger partial charge is 0.237 e. The van der Waals surface area contributed by atoms with Crippen LogP contribution in [0.25, 0.3) is 0 Å². The van der Waals surface area contributed by atoms with Gasteiger partial charge in [-0.1, -0.05) is 6.42 Å². The molecule has 3 aliphatic rings. The van der Waals surface area contributed by atoms with E-state index in [9.17, 15) is 9.59 Å². The SMILES string of the molecule is CC(=O)[C@H]1C(=O)N2[C@@H]1CCOC21CCCCC1. The number of Topliss-reactive ketones (excluding diaryl/α,β-unsaturated/α-hetero) is 1. The second-order valence-corrected chi connectivity index (χ2v) is 5.51. The Morgan fingerprint density at radius 3 is 2.71 bits per heavy atom. The normalized spacial score (nSPS) is 35.4. The number of fused-ring (bicyclic) bond motifs is 2. The van der Waals surface area contributed by atoms with E-state index in [1.165, 1.54) is 13.3 Å². The van der Waals surface area contributed by atoms with E-state index < -0.39 is 0 Å². The summed E-state index contributed by atoms with van der Waals surface area (Å²) in [7, 11) is 0. The molecule has 0 bridgehead atoms. The molecular weight excluding hydrogens is 218 g/mol. The van der Waals surface area contributed by atoms with E-state index in [1.54, 1.807) is 0 Å². The van der Waals surface area contributed by atoms with Crippen LogP contribution in [0.3, 0.4) is 0 Å². The molecule has 3 rings (SSSR count). The van der Waals surface area contributed by atoms with Gasteiger partial charge in [0.1, 0.15) is 17.4 Å². The lowest BCUT2D eigenvalue weighted by molar-refractivity contribution is -0.253. The van der Waals surface area contributed by atoms with Crippen molar-refractivity contribution in [3.05, 3.63) is 0 Å². The molecular formula is C13H19NO3. The summed E-state index contributed by atoms with van der Waals surface area (Å²) in [6.45, 7) is 2.22. The first-order valence-corrected chi connectivity index (χ1v) is 6.63.